The molecule has 1 fully saturated rings. The van der Waals surface area contributed by atoms with Gasteiger partial charge in [-0.05, 0) is 149 Å². The number of nitrogens with zero attached hydrogens (tertiary/aromatic N) is 1. The topological polar surface area (TPSA) is 142 Å². The first-order chi connectivity index (χ1) is 30.5. The molecular weight excluding hydrogens is 949 g/mol. The van der Waals surface area contributed by atoms with Gasteiger partial charge in [0.1, 0.15) is 8.42 Å². The third kappa shape index (κ3) is 14.6. The fourth-order valence-electron chi connectivity index (χ4n) is 8.91. The van der Waals surface area contributed by atoms with Gasteiger partial charge in [0, 0.05) is 24.6 Å². The fourth-order valence-corrected chi connectivity index (χ4v) is 17.5. The maximum absolute atomic E-state index is 13.9. The molecule has 0 unspecified atom stereocenters. The molecule has 67 heavy (non-hydrogen) atoms. The van der Waals surface area contributed by atoms with Crippen LogP contribution in [0.15, 0.2) is 57.0 Å². The molecule has 382 valence electrons. The van der Waals surface area contributed by atoms with Crippen molar-refractivity contribution >= 4 is 62.1 Å². The van der Waals surface area contributed by atoms with Crippen LogP contribution in [0, 0.1) is 11.8 Å². The molecule has 16 heteroatoms. The van der Waals surface area contributed by atoms with Crippen molar-refractivity contribution < 1.29 is 34.9 Å². The SMILES string of the molecule is CCN(C(=O)CCC/C=C\C[C@@H]1[C@@H](CC[C@@H](CCc2ccccc2)O[Si](C)(C)C(C)(C)C)[C@H](O[Si](C)(C)C(C)(C)C)C[C@@H]1O[Si](C)(C)C(C)(C)C)[C@H]1C[C@H](C)S(=O)(=O)c2sc(S(N)(=O)=O)cc21. The van der Waals surface area contributed by atoms with E-state index in [1.54, 1.807) is 11.8 Å². The van der Waals surface area contributed by atoms with E-state index in [0.29, 0.717) is 36.3 Å². The van der Waals surface area contributed by atoms with Gasteiger partial charge in [-0.2, -0.15) is 0 Å². The van der Waals surface area contributed by atoms with Crippen LogP contribution in [-0.4, -0.2) is 82.7 Å². The number of allylic oxidation sites excluding steroid dienone is 2. The second kappa shape index (κ2) is 22.1. The Bertz CT molecular complexity index is 2210. The monoisotopic (exact) mass is 1040 g/mol. The number of primary sulfonamides is 1. The smallest absolute Gasteiger partial charge is 0.247 e. The third-order valence-electron chi connectivity index (χ3n) is 16.2. The van der Waals surface area contributed by atoms with E-state index in [4.69, 9.17) is 18.4 Å². The van der Waals surface area contributed by atoms with Gasteiger partial charge in [0.05, 0.1) is 23.5 Å². The first-order valence-corrected chi connectivity index (χ1v) is 37.6. The zero-order valence-electron chi connectivity index (χ0n) is 44.5. The highest BCUT2D eigenvalue weighted by Crippen LogP contribution is 2.50. The summed E-state index contributed by atoms with van der Waals surface area (Å²) in [6.45, 7) is 39.0. The van der Waals surface area contributed by atoms with E-state index in [9.17, 15) is 21.6 Å². The molecular formula is C51H90N2O8S3Si3. The Balaban J connectivity index is 1.59. The molecule has 1 aromatic carbocycles. The number of sulfonamides is 1. The lowest BCUT2D eigenvalue weighted by Gasteiger charge is -2.41. The number of hydrogen-bond acceptors (Lipinski definition) is 9. The number of thiophene rings is 1. The Hall–Kier alpha value is -1.48. The highest BCUT2D eigenvalue weighted by molar-refractivity contribution is 7.95. The highest BCUT2D eigenvalue weighted by atomic mass is 32.3. The Morgan fingerprint density at radius 1 is 0.851 bits per heavy atom. The molecule has 1 amide bonds. The summed E-state index contributed by atoms with van der Waals surface area (Å²) in [5.74, 6) is 0.466. The van der Waals surface area contributed by atoms with Crippen LogP contribution in [0.5, 0.6) is 0 Å². The average Bonchev–Trinajstić information content (AvgIpc) is 3.78. The summed E-state index contributed by atoms with van der Waals surface area (Å²) >= 11 is 0.684. The van der Waals surface area contributed by atoms with Crippen molar-refractivity contribution in [3.63, 3.8) is 0 Å². The first kappa shape index (κ1) is 58.1. The van der Waals surface area contributed by atoms with E-state index in [1.165, 1.54) is 11.6 Å². The van der Waals surface area contributed by atoms with E-state index < -0.39 is 56.1 Å². The number of amides is 1. The van der Waals surface area contributed by atoms with Crippen molar-refractivity contribution in [1.82, 2.24) is 4.90 Å². The van der Waals surface area contributed by atoms with Gasteiger partial charge in [0.2, 0.25) is 15.9 Å². The number of unbranched alkanes of at least 4 members (excludes halogenated alkanes) is 1. The number of sulfone groups is 1. The van der Waals surface area contributed by atoms with Crippen molar-refractivity contribution in [2.24, 2.45) is 17.0 Å². The molecule has 1 aliphatic carbocycles. The molecule has 4 rings (SSSR count). The van der Waals surface area contributed by atoms with E-state index in [1.807, 2.05) is 6.92 Å². The molecule has 7 atom stereocenters. The van der Waals surface area contributed by atoms with Crippen LogP contribution in [-0.2, 0) is 44.4 Å². The molecule has 2 aliphatic rings. The molecule has 0 saturated heterocycles. The van der Waals surface area contributed by atoms with Crippen molar-refractivity contribution in [3.05, 3.63) is 59.7 Å². The number of carbonyl (C=O) groups excluding carboxylic acids is 1. The Kier molecular flexibility index (Phi) is 19.2. The predicted octanol–water partition coefficient (Wildman–Crippen LogP) is 13.2. The standard InChI is InChI=1S/C51H90N2O8S3Si3/c1-18-53(43-34-37(2)63(55,56)48-42(43)35-47(62-48)64(52,57)58)46(54)29-25-20-19-24-28-40-41(33-32-39(59-65(12,13)49(3,4)5)31-30-38-26-22-21-23-27-38)45(61-67(16,17)51(9,10)11)36-44(40)60-66(14,15)50(6,7)8/h19,21-24,26-27,35,37,39-41,43-45H,18,20,25,28-34,36H2,1-17H3,(H2,52,57,58)/b24-19-/t37-,39+,40+,41+,43-,44-,45+/m0/s1. The van der Waals surface area contributed by atoms with E-state index >= 15 is 0 Å². The van der Waals surface area contributed by atoms with Crippen LogP contribution in [0.3, 0.4) is 0 Å². The van der Waals surface area contributed by atoms with Crippen molar-refractivity contribution in [3.8, 4) is 0 Å². The minimum atomic E-state index is -4.11. The van der Waals surface area contributed by atoms with Gasteiger partial charge in [0.25, 0.3) is 0 Å². The maximum atomic E-state index is 13.9. The lowest BCUT2D eigenvalue weighted by atomic mass is 9.85. The molecule has 1 saturated carbocycles. The summed E-state index contributed by atoms with van der Waals surface area (Å²) in [4.78, 5) is 15.6. The second-order valence-corrected chi connectivity index (χ2v) is 43.9. The number of hydrogen-bond donors (Lipinski definition) is 1. The summed E-state index contributed by atoms with van der Waals surface area (Å²) in [7, 11) is -14.2. The minimum absolute atomic E-state index is 0.00158. The van der Waals surface area contributed by atoms with Crippen LogP contribution in [0.4, 0.5) is 0 Å². The number of nitrogens with two attached hydrogens (primary N) is 1. The molecule has 2 aromatic rings. The molecule has 2 N–H and O–H groups in total. The first-order valence-electron chi connectivity index (χ1n) is 25.0. The Morgan fingerprint density at radius 2 is 1.40 bits per heavy atom. The number of rotatable bonds is 21. The summed E-state index contributed by atoms with van der Waals surface area (Å²) in [5, 5.41) is 4.88. The summed E-state index contributed by atoms with van der Waals surface area (Å²) in [5.41, 5.74) is 1.70. The van der Waals surface area contributed by atoms with Crippen LogP contribution in [0.1, 0.15) is 151 Å². The second-order valence-electron chi connectivity index (χ2n) is 24.2. The largest absolute Gasteiger partial charge is 0.414 e. The van der Waals surface area contributed by atoms with Crippen molar-refractivity contribution in [2.75, 3.05) is 6.54 Å². The molecule has 0 radical (unpaired) electrons. The number of carbonyl (C=O) groups is 1. The quantitative estimate of drug-likeness (QED) is 0.0740. The zero-order chi connectivity index (χ0) is 50.8. The zero-order valence-corrected chi connectivity index (χ0v) is 49.9. The number of fused-ring (bicyclic) bond motifs is 1. The third-order valence-corrected chi connectivity index (χ3v) is 35.1. The Labute approximate surface area is 415 Å². The van der Waals surface area contributed by atoms with Gasteiger partial charge >= 0.3 is 0 Å². The van der Waals surface area contributed by atoms with Crippen molar-refractivity contribution in [1.29, 1.82) is 0 Å². The maximum Gasteiger partial charge on any atom is 0.247 e. The average molecular weight is 1040 g/mol. The van der Waals surface area contributed by atoms with Crippen LogP contribution in [0.2, 0.25) is 54.4 Å². The van der Waals surface area contributed by atoms with E-state index in [-0.39, 0.29) is 66.0 Å². The molecule has 0 spiro atoms. The van der Waals surface area contributed by atoms with E-state index in [0.717, 1.165) is 44.9 Å². The van der Waals surface area contributed by atoms with Gasteiger partial charge in [-0.25, -0.2) is 22.0 Å². The van der Waals surface area contributed by atoms with Crippen molar-refractivity contribution in [2.45, 2.75) is 233 Å². The van der Waals surface area contributed by atoms with Gasteiger partial charge in [-0.1, -0.05) is 105 Å². The summed E-state index contributed by atoms with van der Waals surface area (Å²) < 4.78 is 73.1. The predicted molar refractivity (Wildman–Crippen MR) is 286 cm³/mol. The van der Waals surface area contributed by atoms with Gasteiger partial charge < -0.3 is 18.2 Å². The lowest BCUT2D eigenvalue weighted by molar-refractivity contribution is -0.133. The van der Waals surface area contributed by atoms with Crippen LogP contribution < -0.4 is 5.14 Å². The molecule has 1 aromatic heterocycles. The molecule has 1 aliphatic heterocycles. The Morgan fingerprint density at radius 3 is 1.93 bits per heavy atom. The highest BCUT2D eigenvalue weighted by Gasteiger charge is 2.51. The fraction of sp³-hybridized carbons (Fsp3) is 0.745. The van der Waals surface area contributed by atoms with Gasteiger partial charge in [-0.15, -0.1) is 11.3 Å². The molecule has 0 bridgehead atoms. The van der Waals surface area contributed by atoms with Crippen LogP contribution in [0.25, 0.3) is 0 Å². The summed E-state index contributed by atoms with van der Waals surface area (Å²) in [6.07, 6.45) is 12.3. The normalized spacial score (nSPS) is 23.7. The van der Waals surface area contributed by atoms with Gasteiger partial charge in [0.15, 0.2) is 34.8 Å². The molecule has 10 nitrogen and oxygen atoms in total. The lowest BCUT2D eigenvalue weighted by Crippen LogP contribution is -2.45. The summed E-state index contributed by atoms with van der Waals surface area (Å²) in [6, 6.07) is 11.6. The molecule has 2 heterocycles. The minimum Gasteiger partial charge on any atom is -0.414 e. The van der Waals surface area contributed by atoms with Crippen LogP contribution >= 0.6 is 11.3 Å². The number of benzene rings is 1. The van der Waals surface area contributed by atoms with Gasteiger partial charge in [-0.3, -0.25) is 4.79 Å². The van der Waals surface area contributed by atoms with E-state index in [2.05, 4.69) is 144 Å². The number of aryl methyl sites for hydroxylation is 1.